The van der Waals surface area contributed by atoms with Gasteiger partial charge in [-0.2, -0.15) is 10.2 Å². The van der Waals surface area contributed by atoms with Gasteiger partial charge in [0.25, 0.3) is 0 Å². The number of hydrogen-bond acceptors (Lipinski definition) is 9. The predicted octanol–water partition coefficient (Wildman–Crippen LogP) is 0.760. The number of anilines is 2. The van der Waals surface area contributed by atoms with Crippen molar-refractivity contribution >= 4 is 69.9 Å². The molecule has 0 spiro atoms. The zero-order valence-corrected chi connectivity index (χ0v) is 27.2. The number of aromatic carboxylic acids is 1. The van der Waals surface area contributed by atoms with E-state index in [4.69, 9.17) is 28.3 Å². The summed E-state index contributed by atoms with van der Waals surface area (Å²) in [4.78, 5) is 49.0. The van der Waals surface area contributed by atoms with Crippen molar-refractivity contribution in [2.75, 3.05) is 10.3 Å². The standard InChI is InChI=1S/C15H12F2N4O3.C12H10Cl2N2O4.Na/c1-8(13-12(14(22)23)3-2-4-18-13)20-21-15(24)19-11-6-9(16)5-10(17)7-11;1-12(11(19)20)5-8(10(17)18)15-16(12)9-3-2-6(13)4-7(9)14;/h2-7H,1H3,(H,22,23)(H2,19,21,24);2-4H,5H2,1H3,(H,17,18)(H,19,20);/q;;+1/p-1/b20-8+;;. The smallest absolute Gasteiger partial charge is 0.545 e. The van der Waals surface area contributed by atoms with E-state index in [0.29, 0.717) is 11.1 Å². The Balaban J connectivity index is 0.000000311. The van der Waals surface area contributed by atoms with Crippen molar-refractivity contribution in [3.05, 3.63) is 87.7 Å². The number of aromatic nitrogens is 1. The van der Waals surface area contributed by atoms with Gasteiger partial charge in [-0.05, 0) is 56.3 Å². The minimum Gasteiger partial charge on any atom is -0.545 e. The first-order valence-electron chi connectivity index (χ1n) is 12.2. The number of nitrogens with one attached hydrogen (secondary N) is 2. The number of nitrogens with zero attached hydrogens (tertiary/aromatic N) is 4. The van der Waals surface area contributed by atoms with Crippen molar-refractivity contribution in [1.29, 1.82) is 0 Å². The fourth-order valence-electron chi connectivity index (χ4n) is 3.76. The second-order valence-electron chi connectivity index (χ2n) is 9.12. The predicted molar refractivity (Wildman–Crippen MR) is 154 cm³/mol. The number of aliphatic carboxylic acids is 2. The molecule has 2 amide bonds. The molecule has 0 fully saturated rings. The number of carbonyl (C=O) groups excluding carboxylic acids is 2. The number of hydrazone groups is 2. The Morgan fingerprint density at radius 3 is 2.27 bits per heavy atom. The number of carbonyl (C=O) groups is 4. The number of carboxylic acids is 3. The topological polar surface area (TPSA) is 197 Å². The van der Waals surface area contributed by atoms with E-state index in [-0.39, 0.29) is 75.1 Å². The fraction of sp³-hybridized carbons (Fsp3) is 0.148. The van der Waals surface area contributed by atoms with E-state index in [2.05, 4.69) is 25.9 Å². The fourth-order valence-corrected chi connectivity index (χ4v) is 4.24. The first-order chi connectivity index (χ1) is 20.6. The summed E-state index contributed by atoms with van der Waals surface area (Å²) in [5.41, 5.74) is 0.456. The number of carboxylic acid groups (broad SMARTS) is 3. The molecule has 2 heterocycles. The van der Waals surface area contributed by atoms with Gasteiger partial charge in [0.2, 0.25) is 0 Å². The number of amides is 2. The Kier molecular flexibility index (Phi) is 12.9. The maximum Gasteiger partial charge on any atom is 1.00 e. The Hall–Kier alpha value is -4.15. The van der Waals surface area contributed by atoms with E-state index in [0.717, 1.165) is 17.1 Å². The molecule has 0 radical (unpaired) electrons. The van der Waals surface area contributed by atoms with Gasteiger partial charge in [0.05, 0.1) is 28.1 Å². The van der Waals surface area contributed by atoms with Crippen LogP contribution in [0.2, 0.25) is 10.0 Å². The molecule has 0 saturated carbocycles. The van der Waals surface area contributed by atoms with Crippen LogP contribution in [-0.2, 0) is 9.59 Å². The Morgan fingerprint density at radius 2 is 1.71 bits per heavy atom. The molecule has 1 aliphatic rings. The number of benzene rings is 2. The Morgan fingerprint density at radius 1 is 1.07 bits per heavy atom. The van der Waals surface area contributed by atoms with Gasteiger partial charge in [-0.1, -0.05) is 23.2 Å². The molecule has 2 aromatic carbocycles. The number of pyridine rings is 1. The first kappa shape index (κ1) is 37.0. The van der Waals surface area contributed by atoms with Crippen LogP contribution in [0.1, 0.15) is 36.3 Å². The Labute approximate surface area is 285 Å². The van der Waals surface area contributed by atoms with Gasteiger partial charge in [0.15, 0.2) is 5.54 Å². The van der Waals surface area contributed by atoms with Crippen LogP contribution in [-0.4, -0.2) is 56.1 Å². The molecule has 1 aliphatic heterocycles. The molecule has 230 valence electrons. The number of urea groups is 1. The summed E-state index contributed by atoms with van der Waals surface area (Å²) in [6, 6.07) is 8.80. The minimum atomic E-state index is -1.51. The number of hydrogen-bond donors (Lipinski definition) is 4. The summed E-state index contributed by atoms with van der Waals surface area (Å²) < 4.78 is 26.0. The average Bonchev–Trinajstić information content (AvgIpc) is 3.30. The molecule has 3 aromatic rings. The van der Waals surface area contributed by atoms with Crippen molar-refractivity contribution in [2.45, 2.75) is 25.8 Å². The zero-order chi connectivity index (χ0) is 32.8. The van der Waals surface area contributed by atoms with E-state index in [1.54, 1.807) is 0 Å². The minimum absolute atomic E-state index is 0. The molecule has 1 unspecified atom stereocenters. The maximum atomic E-state index is 13.0. The van der Waals surface area contributed by atoms with Crippen molar-refractivity contribution in [1.82, 2.24) is 10.4 Å². The van der Waals surface area contributed by atoms with Gasteiger partial charge in [-0.25, -0.2) is 33.6 Å². The van der Waals surface area contributed by atoms with Gasteiger partial charge in [0, 0.05) is 35.0 Å². The largest absolute Gasteiger partial charge is 1.00 e. The normalized spacial score (nSPS) is 15.6. The molecule has 1 atom stereocenters. The SMILES string of the molecule is C/C(=N\NC(=O)Nc1cc(F)cc(F)c1)c1ncccc1C(=O)[O-].CC1(C(=O)O)CC(C(=O)O)=NN1c1ccc(Cl)cc1Cl.[Na+]. The van der Waals surface area contributed by atoms with E-state index in [1.165, 1.54) is 50.4 Å². The molecule has 45 heavy (non-hydrogen) atoms. The summed E-state index contributed by atoms with van der Waals surface area (Å²) in [5.74, 6) is -5.59. The van der Waals surface area contributed by atoms with Crippen LogP contribution in [0.25, 0.3) is 0 Å². The molecule has 4 rings (SSSR count). The average molecular weight is 673 g/mol. The first-order valence-corrected chi connectivity index (χ1v) is 12.9. The third-order valence-electron chi connectivity index (χ3n) is 5.86. The number of halogens is 4. The molecule has 0 bridgehead atoms. The molecule has 0 saturated heterocycles. The van der Waals surface area contributed by atoms with Gasteiger partial charge < -0.3 is 25.4 Å². The van der Waals surface area contributed by atoms with E-state index in [9.17, 15) is 38.2 Å². The van der Waals surface area contributed by atoms with E-state index in [1.807, 2.05) is 0 Å². The van der Waals surface area contributed by atoms with Crippen LogP contribution in [0.4, 0.5) is 25.0 Å². The molecular weight excluding hydrogens is 652 g/mol. The van der Waals surface area contributed by atoms with Crippen molar-refractivity contribution in [2.24, 2.45) is 10.2 Å². The van der Waals surface area contributed by atoms with Crippen molar-refractivity contribution in [3.8, 4) is 0 Å². The van der Waals surface area contributed by atoms with Crippen LogP contribution < -0.4 is 50.4 Å². The summed E-state index contributed by atoms with van der Waals surface area (Å²) in [6.45, 7) is 2.82. The molecule has 4 N–H and O–H groups in total. The summed E-state index contributed by atoms with van der Waals surface area (Å²) in [6.07, 6.45) is 1.13. The summed E-state index contributed by atoms with van der Waals surface area (Å²) >= 11 is 11.8. The molecule has 1 aromatic heterocycles. The second-order valence-corrected chi connectivity index (χ2v) is 9.97. The third-order valence-corrected chi connectivity index (χ3v) is 6.40. The monoisotopic (exact) mass is 672 g/mol. The zero-order valence-electron chi connectivity index (χ0n) is 23.6. The molecule has 13 nitrogen and oxygen atoms in total. The van der Waals surface area contributed by atoms with Gasteiger partial charge in [0.1, 0.15) is 17.3 Å². The molecule has 18 heteroatoms. The maximum absolute atomic E-state index is 13.0. The van der Waals surface area contributed by atoms with Crippen molar-refractivity contribution in [3.63, 3.8) is 0 Å². The van der Waals surface area contributed by atoms with Crippen LogP contribution in [0.15, 0.2) is 64.9 Å². The number of rotatable bonds is 7. The van der Waals surface area contributed by atoms with E-state index >= 15 is 0 Å². The third kappa shape index (κ3) is 9.42. The van der Waals surface area contributed by atoms with Crippen LogP contribution >= 0.6 is 23.2 Å². The van der Waals surface area contributed by atoms with Gasteiger partial charge in [-0.3, -0.25) is 4.98 Å². The second kappa shape index (κ2) is 15.7. The van der Waals surface area contributed by atoms with Gasteiger partial charge in [-0.15, -0.1) is 0 Å². The van der Waals surface area contributed by atoms with Crippen LogP contribution in [0, 0.1) is 11.6 Å². The van der Waals surface area contributed by atoms with Gasteiger partial charge >= 0.3 is 47.5 Å². The van der Waals surface area contributed by atoms with Crippen LogP contribution in [0.3, 0.4) is 0 Å². The molecule has 0 aliphatic carbocycles. The molecular formula is C27H21Cl2F2N6NaO7. The van der Waals surface area contributed by atoms with Crippen LogP contribution in [0.5, 0.6) is 0 Å². The Bertz CT molecular complexity index is 1690. The van der Waals surface area contributed by atoms with Crippen molar-refractivity contribution < 1.29 is 72.8 Å². The summed E-state index contributed by atoms with van der Waals surface area (Å²) in [5, 5.41) is 40.8. The van der Waals surface area contributed by atoms with E-state index < -0.39 is 41.1 Å². The summed E-state index contributed by atoms with van der Waals surface area (Å²) in [7, 11) is 0. The quantitative estimate of drug-likeness (QED) is 0.159.